The van der Waals surface area contributed by atoms with E-state index in [0.29, 0.717) is 17.8 Å². The van der Waals surface area contributed by atoms with Gasteiger partial charge in [-0.05, 0) is 25.1 Å². The molecule has 1 heterocycles. The number of hydrogen-bond acceptors (Lipinski definition) is 4. The summed E-state index contributed by atoms with van der Waals surface area (Å²) in [7, 11) is 3.80. The average molecular weight is 287 g/mol. The maximum absolute atomic E-state index is 12.4. The third-order valence-electron chi connectivity index (χ3n) is 3.17. The van der Waals surface area contributed by atoms with E-state index in [1.54, 1.807) is 24.7 Å². The Bertz CT molecular complexity index is 607. The lowest BCUT2D eigenvalue weighted by Gasteiger charge is -2.20. The molecule has 0 saturated carbocycles. The first-order chi connectivity index (χ1) is 9.97. The maximum Gasteiger partial charge on any atom is 0.253 e. The molecule has 1 amide bonds. The van der Waals surface area contributed by atoms with Crippen LogP contribution in [-0.2, 0) is 6.54 Å². The molecule has 0 bridgehead atoms. The SMILES string of the molecule is CC(Cn1ccnc1)NC(=O)c1cc(N)ccc1N(C)C. The number of benzene rings is 1. The molecule has 112 valence electrons. The summed E-state index contributed by atoms with van der Waals surface area (Å²) in [6.45, 7) is 2.63. The van der Waals surface area contributed by atoms with Gasteiger partial charge in [0.05, 0.1) is 11.9 Å². The van der Waals surface area contributed by atoms with Gasteiger partial charge in [-0.25, -0.2) is 4.98 Å². The standard InChI is InChI=1S/C15H21N5O/c1-11(9-20-7-6-17-10-20)18-15(21)13-8-12(16)4-5-14(13)19(2)3/h4-8,10-11H,9,16H2,1-3H3,(H,18,21). The molecule has 0 radical (unpaired) electrons. The van der Waals surface area contributed by atoms with Gasteiger partial charge in [-0.2, -0.15) is 0 Å². The molecule has 0 spiro atoms. The number of nitrogens with zero attached hydrogens (tertiary/aromatic N) is 3. The third-order valence-corrected chi connectivity index (χ3v) is 3.17. The molecule has 0 fully saturated rings. The Morgan fingerprint density at radius 2 is 2.24 bits per heavy atom. The van der Waals surface area contributed by atoms with Crippen LogP contribution in [0.2, 0.25) is 0 Å². The minimum atomic E-state index is -0.126. The second kappa shape index (κ2) is 6.30. The van der Waals surface area contributed by atoms with Crippen LogP contribution >= 0.6 is 0 Å². The number of hydrogen-bond donors (Lipinski definition) is 2. The fourth-order valence-electron chi connectivity index (χ4n) is 2.18. The molecular weight excluding hydrogens is 266 g/mol. The predicted molar refractivity (Wildman–Crippen MR) is 84.3 cm³/mol. The molecule has 2 rings (SSSR count). The van der Waals surface area contributed by atoms with Crippen molar-refractivity contribution in [3.8, 4) is 0 Å². The minimum absolute atomic E-state index is 0.0110. The zero-order valence-corrected chi connectivity index (χ0v) is 12.6. The minimum Gasteiger partial charge on any atom is -0.399 e. The van der Waals surface area contributed by atoms with Gasteiger partial charge >= 0.3 is 0 Å². The van der Waals surface area contributed by atoms with Crippen molar-refractivity contribution in [2.75, 3.05) is 24.7 Å². The highest BCUT2D eigenvalue weighted by Gasteiger charge is 2.15. The molecule has 1 atom stereocenters. The van der Waals surface area contributed by atoms with Gasteiger partial charge in [0.15, 0.2) is 0 Å². The van der Waals surface area contributed by atoms with E-state index in [1.807, 2.05) is 42.7 Å². The first-order valence-electron chi connectivity index (χ1n) is 6.81. The molecular formula is C15H21N5O. The second-order valence-corrected chi connectivity index (χ2v) is 5.31. The number of rotatable bonds is 5. The molecule has 3 N–H and O–H groups in total. The fourth-order valence-corrected chi connectivity index (χ4v) is 2.18. The molecule has 0 aliphatic carbocycles. The Morgan fingerprint density at radius 1 is 1.48 bits per heavy atom. The van der Waals surface area contributed by atoms with Gasteiger partial charge in [-0.1, -0.05) is 0 Å². The average Bonchev–Trinajstić information content (AvgIpc) is 2.90. The number of imidazole rings is 1. The van der Waals surface area contributed by atoms with Gasteiger partial charge in [0.25, 0.3) is 5.91 Å². The van der Waals surface area contributed by atoms with E-state index in [0.717, 1.165) is 5.69 Å². The highest BCUT2D eigenvalue weighted by molar-refractivity contribution is 6.00. The Morgan fingerprint density at radius 3 is 2.86 bits per heavy atom. The molecule has 0 aliphatic rings. The van der Waals surface area contributed by atoms with Gasteiger partial charge in [0.1, 0.15) is 0 Å². The molecule has 1 unspecified atom stereocenters. The second-order valence-electron chi connectivity index (χ2n) is 5.31. The van der Waals surface area contributed by atoms with Crippen LogP contribution in [0.4, 0.5) is 11.4 Å². The smallest absolute Gasteiger partial charge is 0.253 e. The van der Waals surface area contributed by atoms with E-state index in [9.17, 15) is 4.79 Å². The topological polar surface area (TPSA) is 76.2 Å². The monoisotopic (exact) mass is 287 g/mol. The van der Waals surface area contributed by atoms with Crippen LogP contribution in [0.15, 0.2) is 36.9 Å². The van der Waals surface area contributed by atoms with Crippen molar-refractivity contribution in [2.24, 2.45) is 0 Å². The largest absolute Gasteiger partial charge is 0.399 e. The number of nitrogens with two attached hydrogens (primary N) is 1. The van der Waals surface area contributed by atoms with Gasteiger partial charge in [-0.15, -0.1) is 0 Å². The van der Waals surface area contributed by atoms with Crippen LogP contribution in [0.25, 0.3) is 0 Å². The van der Waals surface area contributed by atoms with Crippen molar-refractivity contribution in [1.29, 1.82) is 0 Å². The quantitative estimate of drug-likeness (QED) is 0.814. The molecule has 0 aliphatic heterocycles. The summed E-state index contributed by atoms with van der Waals surface area (Å²) >= 11 is 0. The number of nitrogen functional groups attached to an aromatic ring is 1. The number of aromatic nitrogens is 2. The first-order valence-corrected chi connectivity index (χ1v) is 6.81. The number of anilines is 2. The van der Waals surface area contributed by atoms with Crippen molar-refractivity contribution in [2.45, 2.75) is 19.5 Å². The fraction of sp³-hybridized carbons (Fsp3) is 0.333. The normalized spacial score (nSPS) is 12.0. The van der Waals surface area contributed by atoms with Crippen LogP contribution in [0, 0.1) is 0 Å². The van der Waals surface area contributed by atoms with Crippen molar-refractivity contribution >= 4 is 17.3 Å². The van der Waals surface area contributed by atoms with E-state index in [4.69, 9.17) is 5.73 Å². The molecule has 1 aromatic carbocycles. The Labute approximate surface area is 124 Å². The van der Waals surface area contributed by atoms with E-state index < -0.39 is 0 Å². The molecule has 0 saturated heterocycles. The van der Waals surface area contributed by atoms with E-state index in [2.05, 4.69) is 10.3 Å². The van der Waals surface area contributed by atoms with E-state index in [1.165, 1.54) is 0 Å². The highest BCUT2D eigenvalue weighted by Crippen LogP contribution is 2.21. The molecule has 21 heavy (non-hydrogen) atoms. The molecule has 2 aromatic rings. The van der Waals surface area contributed by atoms with Crippen LogP contribution in [-0.4, -0.2) is 35.6 Å². The number of carbonyl (C=O) groups is 1. The zero-order chi connectivity index (χ0) is 15.4. The summed E-state index contributed by atoms with van der Waals surface area (Å²) in [5.74, 6) is -0.126. The van der Waals surface area contributed by atoms with Gasteiger partial charge in [0, 0.05) is 50.5 Å². The number of amides is 1. The molecule has 6 heteroatoms. The van der Waals surface area contributed by atoms with Crippen LogP contribution in [0.5, 0.6) is 0 Å². The molecule has 6 nitrogen and oxygen atoms in total. The number of nitrogens with one attached hydrogen (secondary N) is 1. The van der Waals surface area contributed by atoms with Crippen molar-refractivity contribution in [1.82, 2.24) is 14.9 Å². The maximum atomic E-state index is 12.4. The van der Waals surface area contributed by atoms with Crippen molar-refractivity contribution < 1.29 is 4.79 Å². The summed E-state index contributed by atoms with van der Waals surface area (Å²) in [6, 6.07) is 5.34. The Kier molecular flexibility index (Phi) is 4.47. The van der Waals surface area contributed by atoms with Crippen LogP contribution < -0.4 is 16.0 Å². The Balaban J connectivity index is 2.11. The summed E-state index contributed by atoms with van der Waals surface area (Å²) in [5, 5.41) is 2.99. The van der Waals surface area contributed by atoms with Crippen molar-refractivity contribution in [3.63, 3.8) is 0 Å². The van der Waals surface area contributed by atoms with Crippen LogP contribution in [0.1, 0.15) is 17.3 Å². The van der Waals surface area contributed by atoms with E-state index >= 15 is 0 Å². The van der Waals surface area contributed by atoms with Gasteiger partial charge in [0.2, 0.25) is 0 Å². The van der Waals surface area contributed by atoms with E-state index in [-0.39, 0.29) is 11.9 Å². The highest BCUT2D eigenvalue weighted by atomic mass is 16.1. The summed E-state index contributed by atoms with van der Waals surface area (Å²) < 4.78 is 1.93. The van der Waals surface area contributed by atoms with Gasteiger partial charge < -0.3 is 20.5 Å². The first kappa shape index (κ1) is 14.9. The summed E-state index contributed by atoms with van der Waals surface area (Å²) in [5.41, 5.74) is 7.80. The predicted octanol–water partition coefficient (Wildman–Crippen LogP) is 1.35. The number of carbonyl (C=O) groups excluding carboxylic acids is 1. The lowest BCUT2D eigenvalue weighted by molar-refractivity contribution is 0.0937. The summed E-state index contributed by atoms with van der Waals surface area (Å²) in [4.78, 5) is 18.3. The Hall–Kier alpha value is -2.50. The van der Waals surface area contributed by atoms with Crippen LogP contribution in [0.3, 0.4) is 0 Å². The lowest BCUT2D eigenvalue weighted by atomic mass is 10.1. The van der Waals surface area contributed by atoms with Gasteiger partial charge in [-0.3, -0.25) is 4.79 Å². The zero-order valence-electron chi connectivity index (χ0n) is 12.6. The summed E-state index contributed by atoms with van der Waals surface area (Å²) in [6.07, 6.45) is 5.32. The lowest BCUT2D eigenvalue weighted by Crippen LogP contribution is -2.36. The molecule has 1 aromatic heterocycles. The van der Waals surface area contributed by atoms with Crippen molar-refractivity contribution in [3.05, 3.63) is 42.5 Å². The third kappa shape index (κ3) is 3.75.